The summed E-state index contributed by atoms with van der Waals surface area (Å²) in [6, 6.07) is 9.27. The van der Waals surface area contributed by atoms with Crippen molar-refractivity contribution in [2.75, 3.05) is 5.32 Å². The minimum atomic E-state index is -0.464. The zero-order chi connectivity index (χ0) is 13.9. The van der Waals surface area contributed by atoms with Gasteiger partial charge < -0.3 is 4.52 Å². The van der Waals surface area contributed by atoms with Gasteiger partial charge >= 0.3 is 0 Å². The van der Waals surface area contributed by atoms with Gasteiger partial charge in [0.15, 0.2) is 11.5 Å². The maximum Gasteiger partial charge on any atom is 0.280 e. The first kappa shape index (κ1) is 12.0. The van der Waals surface area contributed by atoms with Crippen molar-refractivity contribution in [3.63, 3.8) is 0 Å². The Morgan fingerprint density at radius 2 is 2.10 bits per heavy atom. The fourth-order valence-corrected chi connectivity index (χ4v) is 1.62. The lowest BCUT2D eigenvalue weighted by molar-refractivity contribution is 0.101. The molecule has 8 heteroatoms. The van der Waals surface area contributed by atoms with Crippen molar-refractivity contribution in [1.29, 1.82) is 0 Å². The lowest BCUT2D eigenvalue weighted by Gasteiger charge is -1.95. The molecule has 0 saturated carbocycles. The normalized spacial score (nSPS) is 10.4. The molecule has 3 aromatic rings. The Labute approximate surface area is 113 Å². The van der Waals surface area contributed by atoms with E-state index in [0.29, 0.717) is 5.76 Å². The largest absolute Gasteiger partial charge is 0.355 e. The van der Waals surface area contributed by atoms with E-state index in [9.17, 15) is 4.79 Å². The van der Waals surface area contributed by atoms with Crippen molar-refractivity contribution < 1.29 is 9.32 Å². The zero-order valence-electron chi connectivity index (χ0n) is 10.5. The number of anilines is 1. The van der Waals surface area contributed by atoms with Gasteiger partial charge in [0, 0.05) is 11.6 Å². The molecule has 0 saturated heterocycles. The number of rotatable bonds is 3. The highest BCUT2D eigenvalue weighted by molar-refractivity contribution is 6.02. The predicted octanol–water partition coefficient (Wildman–Crippen LogP) is 1.42. The van der Waals surface area contributed by atoms with Gasteiger partial charge in [0.05, 0.1) is 0 Å². The maximum absolute atomic E-state index is 11.9. The number of tetrazole rings is 1. The summed E-state index contributed by atoms with van der Waals surface area (Å²) in [5.41, 5.74) is 2.13. The van der Waals surface area contributed by atoms with Crippen LogP contribution >= 0.6 is 0 Å². The number of nitrogens with zero attached hydrogens (tertiary/aromatic N) is 4. The van der Waals surface area contributed by atoms with Crippen LogP contribution in [0.2, 0.25) is 0 Å². The average molecular weight is 270 g/mol. The number of aryl methyl sites for hydroxylation is 1. The van der Waals surface area contributed by atoms with Crippen molar-refractivity contribution in [2.24, 2.45) is 0 Å². The van der Waals surface area contributed by atoms with Gasteiger partial charge in [-0.3, -0.25) is 10.1 Å². The minimum absolute atomic E-state index is 0.0786. The van der Waals surface area contributed by atoms with E-state index in [4.69, 9.17) is 4.52 Å². The summed E-state index contributed by atoms with van der Waals surface area (Å²) >= 11 is 0. The molecule has 2 N–H and O–H groups in total. The molecule has 0 aliphatic carbocycles. The summed E-state index contributed by atoms with van der Waals surface area (Å²) in [6.07, 6.45) is 0. The van der Waals surface area contributed by atoms with Crippen LogP contribution in [0.1, 0.15) is 16.1 Å². The summed E-state index contributed by atoms with van der Waals surface area (Å²) in [4.78, 5) is 11.9. The topological polar surface area (TPSA) is 110 Å². The molecule has 0 atom stereocenters. The number of H-pyrrole nitrogens is 1. The molecule has 0 spiro atoms. The van der Waals surface area contributed by atoms with Crippen LogP contribution in [0.15, 0.2) is 34.9 Å². The van der Waals surface area contributed by atoms with Crippen LogP contribution in [0.4, 0.5) is 5.95 Å². The van der Waals surface area contributed by atoms with Crippen molar-refractivity contribution in [3.05, 3.63) is 41.6 Å². The summed E-state index contributed by atoms with van der Waals surface area (Å²) in [6.45, 7) is 1.99. The Morgan fingerprint density at radius 3 is 2.80 bits per heavy atom. The lowest BCUT2D eigenvalue weighted by Crippen LogP contribution is -2.13. The quantitative estimate of drug-likeness (QED) is 0.744. The van der Waals surface area contributed by atoms with Gasteiger partial charge in [-0.15, -0.1) is 5.10 Å². The van der Waals surface area contributed by atoms with Crippen molar-refractivity contribution in [2.45, 2.75) is 6.92 Å². The summed E-state index contributed by atoms with van der Waals surface area (Å²) < 4.78 is 5.16. The van der Waals surface area contributed by atoms with Gasteiger partial charge in [-0.1, -0.05) is 40.1 Å². The molecule has 20 heavy (non-hydrogen) atoms. The molecule has 0 bridgehead atoms. The number of carbonyl (C=O) groups is 1. The molecule has 0 radical (unpaired) electrons. The molecule has 1 aromatic carbocycles. The molecule has 100 valence electrons. The number of carbonyl (C=O) groups excluding carboxylic acids is 1. The van der Waals surface area contributed by atoms with Crippen LogP contribution in [0.5, 0.6) is 0 Å². The monoisotopic (exact) mass is 270 g/mol. The van der Waals surface area contributed by atoms with Gasteiger partial charge in [0.25, 0.3) is 11.9 Å². The number of nitrogens with one attached hydrogen (secondary N) is 2. The Bertz CT molecular complexity index is 717. The van der Waals surface area contributed by atoms with Crippen LogP contribution in [-0.4, -0.2) is 31.7 Å². The third-order valence-electron chi connectivity index (χ3n) is 2.65. The van der Waals surface area contributed by atoms with Crippen molar-refractivity contribution >= 4 is 11.9 Å². The van der Waals surface area contributed by atoms with E-state index in [1.807, 2.05) is 31.2 Å². The Morgan fingerprint density at radius 1 is 1.30 bits per heavy atom. The van der Waals surface area contributed by atoms with E-state index >= 15 is 0 Å². The summed E-state index contributed by atoms with van der Waals surface area (Å²) in [7, 11) is 0. The van der Waals surface area contributed by atoms with Gasteiger partial charge in [0.2, 0.25) is 0 Å². The third kappa shape index (κ3) is 2.39. The molecule has 8 nitrogen and oxygen atoms in total. The van der Waals surface area contributed by atoms with Gasteiger partial charge in [-0.05, 0) is 12.1 Å². The van der Waals surface area contributed by atoms with E-state index in [2.05, 4.69) is 31.1 Å². The molecule has 1 amide bonds. The third-order valence-corrected chi connectivity index (χ3v) is 2.65. The SMILES string of the molecule is Cc1ccc(-c2cc(C(=O)Nc3nn[nH]n3)no2)cc1. The van der Waals surface area contributed by atoms with Gasteiger partial charge in [-0.25, -0.2) is 0 Å². The fourth-order valence-electron chi connectivity index (χ4n) is 1.62. The Hall–Kier alpha value is -3.03. The maximum atomic E-state index is 11.9. The molecular formula is C12H10N6O2. The zero-order valence-corrected chi connectivity index (χ0v) is 10.5. The first-order chi connectivity index (χ1) is 9.72. The van der Waals surface area contributed by atoms with E-state index in [0.717, 1.165) is 11.1 Å². The molecule has 2 aromatic heterocycles. The molecule has 0 aliphatic rings. The summed E-state index contributed by atoms with van der Waals surface area (Å²) in [5, 5.41) is 19.0. The highest BCUT2D eigenvalue weighted by Crippen LogP contribution is 2.20. The smallest absolute Gasteiger partial charge is 0.280 e. The second-order valence-corrected chi connectivity index (χ2v) is 4.13. The number of aromatic amines is 1. The number of hydrogen-bond donors (Lipinski definition) is 2. The highest BCUT2D eigenvalue weighted by Gasteiger charge is 2.15. The standard InChI is InChI=1S/C12H10N6O2/c1-7-2-4-8(5-3-7)10-6-9(16-20-10)11(19)13-12-14-17-18-15-12/h2-6H,1H3,(H2,13,14,15,17,18,19). The van der Waals surface area contributed by atoms with Gasteiger partial charge in [-0.2, -0.15) is 5.21 Å². The lowest BCUT2D eigenvalue weighted by atomic mass is 10.1. The van der Waals surface area contributed by atoms with Crippen molar-refractivity contribution in [3.8, 4) is 11.3 Å². The minimum Gasteiger partial charge on any atom is -0.355 e. The molecular weight excluding hydrogens is 260 g/mol. The number of hydrogen-bond acceptors (Lipinski definition) is 6. The number of aromatic nitrogens is 5. The number of benzene rings is 1. The van der Waals surface area contributed by atoms with Crippen LogP contribution in [0.25, 0.3) is 11.3 Å². The van der Waals surface area contributed by atoms with Crippen LogP contribution in [-0.2, 0) is 0 Å². The molecule has 2 heterocycles. The Balaban J connectivity index is 1.79. The van der Waals surface area contributed by atoms with Gasteiger partial charge in [0.1, 0.15) is 0 Å². The van der Waals surface area contributed by atoms with Crippen LogP contribution in [0, 0.1) is 6.92 Å². The second kappa shape index (κ2) is 4.92. The first-order valence-corrected chi connectivity index (χ1v) is 5.81. The molecule has 0 unspecified atom stereocenters. The van der Waals surface area contributed by atoms with Crippen molar-refractivity contribution in [1.82, 2.24) is 25.8 Å². The predicted molar refractivity (Wildman–Crippen MR) is 68.8 cm³/mol. The second-order valence-electron chi connectivity index (χ2n) is 4.13. The van der Waals surface area contributed by atoms with Crippen LogP contribution < -0.4 is 5.32 Å². The van der Waals surface area contributed by atoms with Crippen LogP contribution in [0.3, 0.4) is 0 Å². The van der Waals surface area contributed by atoms with E-state index in [-0.39, 0.29) is 11.6 Å². The van der Waals surface area contributed by atoms with E-state index in [1.54, 1.807) is 6.07 Å². The molecule has 3 rings (SSSR count). The first-order valence-electron chi connectivity index (χ1n) is 5.81. The average Bonchev–Trinajstić information content (AvgIpc) is 3.10. The fraction of sp³-hybridized carbons (Fsp3) is 0.0833. The van der Waals surface area contributed by atoms with E-state index in [1.165, 1.54) is 0 Å². The highest BCUT2D eigenvalue weighted by atomic mass is 16.5. The number of amides is 1. The summed E-state index contributed by atoms with van der Waals surface area (Å²) in [5.74, 6) is 0.131. The molecule has 0 fully saturated rings. The molecule has 0 aliphatic heterocycles. The van der Waals surface area contributed by atoms with E-state index < -0.39 is 5.91 Å². The Kier molecular flexibility index (Phi) is 2.96.